The van der Waals surface area contributed by atoms with Crippen LogP contribution in [0.3, 0.4) is 0 Å². The number of benzene rings is 3. The molecule has 0 saturated heterocycles. The summed E-state index contributed by atoms with van der Waals surface area (Å²) < 4.78 is 0. The third-order valence-electron chi connectivity index (χ3n) is 3.97. The standard InChI is InChI=1S/C22H19ClN2O2S/c1-15-6-2-3-11-20(15)25-21(26)14-28-19-10-5-9-18(13-19)24-22(27)16-7-4-8-17(23)12-16/h2-13H,14H2,1H3,(H,24,27)(H,25,26). The molecule has 3 aromatic carbocycles. The van der Waals surface area contributed by atoms with Gasteiger partial charge in [0, 0.05) is 26.9 Å². The number of carbonyl (C=O) groups excluding carboxylic acids is 2. The van der Waals surface area contributed by atoms with E-state index in [1.54, 1.807) is 30.3 Å². The lowest BCUT2D eigenvalue weighted by Gasteiger charge is -2.09. The van der Waals surface area contributed by atoms with E-state index in [0.717, 1.165) is 16.1 Å². The van der Waals surface area contributed by atoms with E-state index < -0.39 is 0 Å². The van der Waals surface area contributed by atoms with Gasteiger partial charge in [0.15, 0.2) is 0 Å². The predicted molar refractivity (Wildman–Crippen MR) is 116 cm³/mol. The first-order valence-corrected chi connectivity index (χ1v) is 10.0. The van der Waals surface area contributed by atoms with Gasteiger partial charge in [-0.25, -0.2) is 0 Å². The number of rotatable bonds is 6. The van der Waals surface area contributed by atoms with Crippen LogP contribution in [0.1, 0.15) is 15.9 Å². The van der Waals surface area contributed by atoms with Crippen molar-refractivity contribution in [2.24, 2.45) is 0 Å². The van der Waals surface area contributed by atoms with E-state index in [4.69, 9.17) is 11.6 Å². The van der Waals surface area contributed by atoms with Crippen molar-refractivity contribution in [1.82, 2.24) is 0 Å². The third kappa shape index (κ3) is 5.62. The van der Waals surface area contributed by atoms with Crippen LogP contribution in [-0.4, -0.2) is 17.6 Å². The average Bonchev–Trinajstić information content (AvgIpc) is 2.68. The van der Waals surface area contributed by atoms with Gasteiger partial charge in [-0.1, -0.05) is 41.9 Å². The Balaban J connectivity index is 1.58. The molecular weight excluding hydrogens is 392 g/mol. The van der Waals surface area contributed by atoms with Crippen molar-refractivity contribution in [2.45, 2.75) is 11.8 Å². The fraction of sp³-hybridized carbons (Fsp3) is 0.0909. The highest BCUT2D eigenvalue weighted by Crippen LogP contribution is 2.23. The zero-order valence-electron chi connectivity index (χ0n) is 15.2. The second kappa shape index (κ2) is 9.44. The van der Waals surface area contributed by atoms with Crippen LogP contribution in [-0.2, 0) is 4.79 Å². The second-order valence-corrected chi connectivity index (χ2v) is 7.63. The van der Waals surface area contributed by atoms with Gasteiger partial charge in [-0.2, -0.15) is 0 Å². The SMILES string of the molecule is Cc1ccccc1NC(=O)CSc1cccc(NC(=O)c2cccc(Cl)c2)c1. The Bertz CT molecular complexity index is 1010. The summed E-state index contributed by atoms with van der Waals surface area (Å²) in [7, 11) is 0. The van der Waals surface area contributed by atoms with Gasteiger partial charge in [0.2, 0.25) is 5.91 Å². The first-order chi connectivity index (χ1) is 13.5. The Morgan fingerprint density at radius 3 is 2.50 bits per heavy atom. The molecule has 0 spiro atoms. The van der Waals surface area contributed by atoms with E-state index in [0.29, 0.717) is 16.3 Å². The highest BCUT2D eigenvalue weighted by Gasteiger charge is 2.09. The fourth-order valence-electron chi connectivity index (χ4n) is 2.54. The molecule has 2 amide bonds. The highest BCUT2D eigenvalue weighted by molar-refractivity contribution is 8.00. The van der Waals surface area contributed by atoms with Crippen molar-refractivity contribution in [3.05, 3.63) is 88.9 Å². The lowest BCUT2D eigenvalue weighted by molar-refractivity contribution is -0.113. The first kappa shape index (κ1) is 20.0. The molecule has 0 aliphatic rings. The summed E-state index contributed by atoms with van der Waals surface area (Å²) in [5, 5.41) is 6.27. The van der Waals surface area contributed by atoms with Gasteiger partial charge < -0.3 is 10.6 Å². The van der Waals surface area contributed by atoms with Crippen LogP contribution in [0.5, 0.6) is 0 Å². The van der Waals surface area contributed by atoms with Gasteiger partial charge in [-0.05, 0) is 55.0 Å². The monoisotopic (exact) mass is 410 g/mol. The Morgan fingerprint density at radius 1 is 0.929 bits per heavy atom. The largest absolute Gasteiger partial charge is 0.325 e. The molecule has 0 radical (unpaired) electrons. The molecule has 0 aliphatic carbocycles. The van der Waals surface area contributed by atoms with Crippen LogP contribution >= 0.6 is 23.4 Å². The molecule has 0 unspecified atom stereocenters. The number of hydrogen-bond acceptors (Lipinski definition) is 3. The highest BCUT2D eigenvalue weighted by atomic mass is 35.5. The predicted octanol–water partition coefficient (Wildman–Crippen LogP) is 5.63. The molecule has 3 rings (SSSR count). The summed E-state index contributed by atoms with van der Waals surface area (Å²) in [4.78, 5) is 25.4. The molecule has 0 aliphatic heterocycles. The molecule has 142 valence electrons. The maximum Gasteiger partial charge on any atom is 0.255 e. The molecule has 0 bridgehead atoms. The van der Waals surface area contributed by atoms with E-state index >= 15 is 0 Å². The van der Waals surface area contributed by atoms with Crippen molar-refractivity contribution in [1.29, 1.82) is 0 Å². The van der Waals surface area contributed by atoms with Gasteiger partial charge in [0.1, 0.15) is 0 Å². The van der Waals surface area contributed by atoms with E-state index in [1.165, 1.54) is 11.8 Å². The summed E-state index contributed by atoms with van der Waals surface area (Å²) in [6.45, 7) is 1.95. The van der Waals surface area contributed by atoms with Crippen LogP contribution < -0.4 is 10.6 Å². The third-order valence-corrected chi connectivity index (χ3v) is 5.20. The molecule has 2 N–H and O–H groups in total. The van der Waals surface area contributed by atoms with Gasteiger partial charge in [0.25, 0.3) is 5.91 Å². The molecule has 28 heavy (non-hydrogen) atoms. The molecule has 0 fully saturated rings. The molecule has 3 aromatic rings. The minimum absolute atomic E-state index is 0.0762. The molecule has 4 nitrogen and oxygen atoms in total. The van der Waals surface area contributed by atoms with E-state index in [2.05, 4.69) is 10.6 Å². The number of nitrogens with one attached hydrogen (secondary N) is 2. The number of para-hydroxylation sites is 1. The second-order valence-electron chi connectivity index (χ2n) is 6.14. The van der Waals surface area contributed by atoms with Gasteiger partial charge >= 0.3 is 0 Å². The van der Waals surface area contributed by atoms with Crippen molar-refractivity contribution in [3.63, 3.8) is 0 Å². The average molecular weight is 411 g/mol. The Morgan fingerprint density at radius 2 is 1.71 bits per heavy atom. The van der Waals surface area contributed by atoms with Crippen LogP contribution in [0.2, 0.25) is 5.02 Å². The quantitative estimate of drug-likeness (QED) is 0.517. The van der Waals surface area contributed by atoms with Crippen LogP contribution in [0, 0.1) is 6.92 Å². The van der Waals surface area contributed by atoms with Crippen molar-refractivity contribution in [2.75, 3.05) is 16.4 Å². The minimum Gasteiger partial charge on any atom is -0.325 e. The first-order valence-electron chi connectivity index (χ1n) is 8.66. The molecular formula is C22H19ClN2O2S. The van der Waals surface area contributed by atoms with Crippen molar-refractivity contribution in [3.8, 4) is 0 Å². The van der Waals surface area contributed by atoms with Gasteiger partial charge in [-0.3, -0.25) is 9.59 Å². The van der Waals surface area contributed by atoms with Crippen molar-refractivity contribution < 1.29 is 9.59 Å². The Hall–Kier alpha value is -2.76. The van der Waals surface area contributed by atoms with Crippen LogP contribution in [0.4, 0.5) is 11.4 Å². The number of halogens is 1. The number of aryl methyl sites for hydroxylation is 1. The molecule has 0 heterocycles. The number of hydrogen-bond donors (Lipinski definition) is 2. The van der Waals surface area contributed by atoms with Crippen LogP contribution in [0.15, 0.2) is 77.7 Å². The van der Waals surface area contributed by atoms with Crippen molar-refractivity contribution >= 4 is 46.6 Å². The normalized spacial score (nSPS) is 10.4. The van der Waals surface area contributed by atoms with Gasteiger partial charge in [-0.15, -0.1) is 11.8 Å². The zero-order chi connectivity index (χ0) is 19.9. The molecule has 0 aromatic heterocycles. The summed E-state index contributed by atoms with van der Waals surface area (Å²) in [5.41, 5.74) is 2.99. The topological polar surface area (TPSA) is 58.2 Å². The number of anilines is 2. The molecule has 0 saturated carbocycles. The van der Waals surface area contributed by atoms with Crippen LogP contribution in [0.25, 0.3) is 0 Å². The molecule has 0 atom stereocenters. The Labute approximate surface area is 173 Å². The lowest BCUT2D eigenvalue weighted by atomic mass is 10.2. The van der Waals surface area contributed by atoms with E-state index in [9.17, 15) is 9.59 Å². The zero-order valence-corrected chi connectivity index (χ0v) is 16.8. The maximum absolute atomic E-state index is 12.3. The van der Waals surface area contributed by atoms with E-state index in [1.807, 2.05) is 49.4 Å². The smallest absolute Gasteiger partial charge is 0.255 e. The fourth-order valence-corrected chi connectivity index (χ4v) is 3.49. The minimum atomic E-state index is -0.234. The van der Waals surface area contributed by atoms with E-state index in [-0.39, 0.29) is 17.6 Å². The molecule has 6 heteroatoms. The lowest BCUT2D eigenvalue weighted by Crippen LogP contribution is -2.14. The Kier molecular flexibility index (Phi) is 6.74. The number of thioether (sulfide) groups is 1. The maximum atomic E-state index is 12.3. The van der Waals surface area contributed by atoms with Gasteiger partial charge in [0.05, 0.1) is 5.75 Å². The summed E-state index contributed by atoms with van der Waals surface area (Å²) in [5.74, 6) is -0.0327. The summed E-state index contributed by atoms with van der Waals surface area (Å²) in [6.07, 6.45) is 0. The number of carbonyl (C=O) groups is 2. The summed E-state index contributed by atoms with van der Waals surface area (Å²) >= 11 is 7.34. The number of amides is 2. The summed E-state index contributed by atoms with van der Waals surface area (Å²) in [6, 6.07) is 21.8.